The lowest BCUT2D eigenvalue weighted by Gasteiger charge is -2.27. The van der Waals surface area contributed by atoms with Crippen LogP contribution in [0.4, 0.5) is 0 Å². The molecule has 0 spiro atoms. The fourth-order valence-electron chi connectivity index (χ4n) is 2.67. The summed E-state index contributed by atoms with van der Waals surface area (Å²) in [4.78, 5) is 0. The second kappa shape index (κ2) is 10.2. The van der Waals surface area contributed by atoms with Crippen molar-refractivity contribution in [1.82, 2.24) is 0 Å². The summed E-state index contributed by atoms with van der Waals surface area (Å²) >= 11 is 12.8. The first kappa shape index (κ1) is 21.8. The Morgan fingerprint density at radius 2 is 1.19 bits per heavy atom. The van der Waals surface area contributed by atoms with E-state index in [1.165, 1.54) is 0 Å². The Morgan fingerprint density at radius 3 is 1.52 bits per heavy atom. The normalized spacial score (nSPS) is 11.5. The van der Waals surface area contributed by atoms with Crippen molar-refractivity contribution >= 4 is 23.2 Å². The second-order valence-electron chi connectivity index (χ2n) is 6.77. The summed E-state index contributed by atoms with van der Waals surface area (Å²) in [6.45, 7) is 5.22. The quantitative estimate of drug-likeness (QED) is 0.548. The van der Waals surface area contributed by atoms with Gasteiger partial charge >= 0.3 is 0 Å². The first-order valence-corrected chi connectivity index (χ1v) is 9.73. The Balaban J connectivity index is 2.19. The zero-order valence-electron chi connectivity index (χ0n) is 15.7. The maximum atomic E-state index is 8.85. The molecule has 0 unspecified atom stereocenters. The zero-order chi connectivity index (χ0) is 19.9. The number of aliphatic hydroxyl groups is 2. The lowest BCUT2D eigenvalue weighted by molar-refractivity contribution is 0.233. The molecule has 2 N–H and O–H groups in total. The molecule has 0 amide bonds. The summed E-state index contributed by atoms with van der Waals surface area (Å²) in [5, 5.41) is 18.8. The third kappa shape index (κ3) is 5.76. The molecule has 0 aromatic heterocycles. The highest BCUT2D eigenvalue weighted by molar-refractivity contribution is 6.32. The van der Waals surface area contributed by atoms with Gasteiger partial charge in [-0.3, -0.25) is 0 Å². The van der Waals surface area contributed by atoms with E-state index < -0.39 is 0 Å². The molecule has 0 bridgehead atoms. The fraction of sp³-hybridized carbons (Fsp3) is 0.429. The molecule has 0 saturated heterocycles. The van der Waals surface area contributed by atoms with Gasteiger partial charge in [-0.05, 0) is 35.4 Å². The fourth-order valence-corrected chi connectivity index (χ4v) is 3.14. The van der Waals surface area contributed by atoms with Gasteiger partial charge < -0.3 is 19.7 Å². The molecule has 0 aliphatic carbocycles. The molecule has 2 aromatic rings. The molecular formula is C21H26Cl2O4. The maximum Gasteiger partial charge on any atom is 0.137 e. The Morgan fingerprint density at radius 1 is 0.778 bits per heavy atom. The first-order valence-electron chi connectivity index (χ1n) is 8.97. The Hall–Kier alpha value is -1.46. The highest BCUT2D eigenvalue weighted by atomic mass is 35.5. The molecule has 0 aliphatic heterocycles. The van der Waals surface area contributed by atoms with Gasteiger partial charge in [0.05, 0.1) is 23.3 Å². The number of benzene rings is 2. The molecule has 2 aromatic carbocycles. The summed E-state index contributed by atoms with van der Waals surface area (Å²) in [6, 6.07) is 11.5. The Labute approximate surface area is 170 Å². The smallest absolute Gasteiger partial charge is 0.137 e. The molecule has 2 rings (SSSR count). The molecule has 0 saturated carbocycles. The van der Waals surface area contributed by atoms with Gasteiger partial charge in [-0.25, -0.2) is 0 Å². The van der Waals surface area contributed by atoms with Gasteiger partial charge in [0.1, 0.15) is 11.5 Å². The van der Waals surface area contributed by atoms with Gasteiger partial charge in [0.2, 0.25) is 0 Å². The van der Waals surface area contributed by atoms with Crippen molar-refractivity contribution in [3.05, 3.63) is 57.6 Å². The molecule has 148 valence electrons. The molecule has 4 nitrogen and oxygen atoms in total. The van der Waals surface area contributed by atoms with E-state index in [9.17, 15) is 0 Å². The zero-order valence-corrected chi connectivity index (χ0v) is 17.2. The van der Waals surface area contributed by atoms with E-state index in [-0.39, 0.29) is 18.6 Å². The monoisotopic (exact) mass is 412 g/mol. The molecule has 0 heterocycles. The van der Waals surface area contributed by atoms with Crippen LogP contribution in [0.2, 0.25) is 10.0 Å². The lowest BCUT2D eigenvalue weighted by atomic mass is 9.78. The van der Waals surface area contributed by atoms with Gasteiger partial charge in [-0.2, -0.15) is 0 Å². The van der Waals surface area contributed by atoms with Crippen molar-refractivity contribution in [2.45, 2.75) is 32.1 Å². The highest BCUT2D eigenvalue weighted by Crippen LogP contribution is 2.38. The first-order chi connectivity index (χ1) is 12.9. The third-order valence-electron chi connectivity index (χ3n) is 4.43. The topological polar surface area (TPSA) is 58.9 Å². The SMILES string of the molecule is CC(C)(c1ccc(OCCCO)c(Cl)c1)c1ccc(OCCCO)c(Cl)c1. The minimum absolute atomic E-state index is 0.0865. The van der Waals surface area contributed by atoms with E-state index in [0.717, 1.165) is 11.1 Å². The minimum atomic E-state index is -0.319. The molecule has 0 radical (unpaired) electrons. The average Bonchev–Trinajstić information content (AvgIpc) is 2.64. The third-order valence-corrected chi connectivity index (χ3v) is 5.02. The number of aliphatic hydroxyl groups excluding tert-OH is 2. The van der Waals surface area contributed by atoms with Crippen LogP contribution in [-0.4, -0.2) is 36.6 Å². The number of hydrogen-bond acceptors (Lipinski definition) is 4. The van der Waals surface area contributed by atoms with E-state index in [2.05, 4.69) is 13.8 Å². The predicted octanol–water partition coefficient (Wildman–Crippen LogP) is 4.84. The van der Waals surface area contributed by atoms with Crippen molar-refractivity contribution in [3.8, 4) is 11.5 Å². The van der Waals surface area contributed by atoms with Crippen molar-refractivity contribution < 1.29 is 19.7 Å². The summed E-state index contributed by atoms with van der Waals surface area (Å²) in [5.41, 5.74) is 1.75. The highest BCUT2D eigenvalue weighted by Gasteiger charge is 2.25. The van der Waals surface area contributed by atoms with Crippen LogP contribution in [0.1, 0.15) is 37.8 Å². The minimum Gasteiger partial charge on any atom is -0.492 e. The largest absolute Gasteiger partial charge is 0.492 e. The number of ether oxygens (including phenoxy) is 2. The van der Waals surface area contributed by atoms with Crippen LogP contribution < -0.4 is 9.47 Å². The number of halogens is 2. The molecular weight excluding hydrogens is 387 g/mol. The molecule has 0 fully saturated rings. The van der Waals surface area contributed by atoms with E-state index in [0.29, 0.717) is 47.6 Å². The van der Waals surface area contributed by atoms with Gasteiger partial charge in [0, 0.05) is 31.5 Å². The predicted molar refractivity (Wildman–Crippen MR) is 109 cm³/mol. The van der Waals surface area contributed by atoms with Crippen molar-refractivity contribution in [2.24, 2.45) is 0 Å². The average molecular weight is 413 g/mol. The molecule has 0 aliphatic rings. The van der Waals surface area contributed by atoms with E-state index in [4.69, 9.17) is 42.9 Å². The standard InChI is InChI=1S/C21H26Cl2O4/c1-21(2,15-5-7-19(17(22)13-15)26-11-3-9-24)16-6-8-20(18(23)14-16)27-12-4-10-25/h5-8,13-14,24-25H,3-4,9-12H2,1-2H3. The van der Waals surface area contributed by atoms with Crippen LogP contribution in [0.15, 0.2) is 36.4 Å². The summed E-state index contributed by atoms with van der Waals surface area (Å²) < 4.78 is 11.2. The van der Waals surface area contributed by atoms with Crippen LogP contribution >= 0.6 is 23.2 Å². The lowest BCUT2D eigenvalue weighted by Crippen LogP contribution is -2.19. The molecule has 27 heavy (non-hydrogen) atoms. The molecule has 6 heteroatoms. The Bertz CT molecular complexity index is 685. The summed E-state index contributed by atoms with van der Waals surface area (Å²) in [5.74, 6) is 1.21. The van der Waals surface area contributed by atoms with Gasteiger partial charge in [0.15, 0.2) is 0 Å². The maximum absolute atomic E-state index is 8.85. The van der Waals surface area contributed by atoms with Crippen molar-refractivity contribution in [1.29, 1.82) is 0 Å². The van der Waals surface area contributed by atoms with Gasteiger partial charge in [0.25, 0.3) is 0 Å². The Kier molecular flexibility index (Phi) is 8.24. The van der Waals surface area contributed by atoms with Crippen molar-refractivity contribution in [3.63, 3.8) is 0 Å². The summed E-state index contributed by atoms with van der Waals surface area (Å²) in [7, 11) is 0. The number of hydrogen-bond donors (Lipinski definition) is 2. The summed E-state index contributed by atoms with van der Waals surface area (Å²) in [6.07, 6.45) is 1.13. The van der Waals surface area contributed by atoms with Gasteiger partial charge in [-0.15, -0.1) is 0 Å². The van der Waals surface area contributed by atoms with Crippen molar-refractivity contribution in [2.75, 3.05) is 26.4 Å². The van der Waals surface area contributed by atoms with Crippen LogP contribution in [0.3, 0.4) is 0 Å². The van der Waals surface area contributed by atoms with E-state index >= 15 is 0 Å². The van der Waals surface area contributed by atoms with E-state index in [1.54, 1.807) is 0 Å². The second-order valence-corrected chi connectivity index (χ2v) is 7.58. The van der Waals surface area contributed by atoms with Crippen LogP contribution in [0.25, 0.3) is 0 Å². The van der Waals surface area contributed by atoms with Crippen LogP contribution in [0.5, 0.6) is 11.5 Å². The van der Waals surface area contributed by atoms with E-state index in [1.807, 2.05) is 36.4 Å². The van der Waals surface area contributed by atoms with Crippen LogP contribution in [-0.2, 0) is 5.41 Å². The molecule has 0 atom stereocenters. The van der Waals surface area contributed by atoms with Gasteiger partial charge in [-0.1, -0.05) is 49.2 Å². The van der Waals surface area contributed by atoms with Crippen LogP contribution in [0, 0.1) is 0 Å². The number of rotatable bonds is 10.